The number of ether oxygens (including phenoxy) is 2. The number of nitro groups is 1. The zero-order chi connectivity index (χ0) is 25.8. The molecule has 0 aliphatic heterocycles. The molecule has 36 heavy (non-hydrogen) atoms. The number of nitro benzene ring substituents is 1. The molecule has 0 fully saturated rings. The lowest BCUT2D eigenvalue weighted by atomic mass is 10.2. The molecular weight excluding hydrogens is 514 g/mol. The monoisotopic (exact) mass is 530 g/mol. The lowest BCUT2D eigenvalue weighted by Crippen LogP contribution is -2.14. The summed E-state index contributed by atoms with van der Waals surface area (Å²) in [7, 11) is 0. The molecule has 9 nitrogen and oxygen atoms in total. The van der Waals surface area contributed by atoms with Crippen LogP contribution in [-0.4, -0.2) is 20.6 Å². The molecule has 0 aliphatic carbocycles. The second-order valence-electron chi connectivity index (χ2n) is 7.53. The van der Waals surface area contributed by atoms with Gasteiger partial charge in [-0.15, -0.1) is 0 Å². The number of carbonyl (C=O) groups excluding carboxylic acids is 1. The number of anilines is 1. The molecule has 184 valence electrons. The van der Waals surface area contributed by atoms with Crippen molar-refractivity contribution in [2.24, 2.45) is 0 Å². The van der Waals surface area contributed by atoms with Gasteiger partial charge in [0.15, 0.2) is 12.4 Å². The average molecular weight is 531 g/mol. The predicted molar refractivity (Wildman–Crippen MR) is 132 cm³/mol. The molecule has 3 aromatic carbocycles. The molecule has 1 heterocycles. The van der Waals surface area contributed by atoms with Gasteiger partial charge >= 0.3 is 0 Å². The lowest BCUT2D eigenvalue weighted by Gasteiger charge is -2.10. The van der Waals surface area contributed by atoms with E-state index in [0.29, 0.717) is 16.5 Å². The molecule has 4 aromatic rings. The van der Waals surface area contributed by atoms with Crippen LogP contribution in [0.25, 0.3) is 0 Å². The van der Waals surface area contributed by atoms with Crippen molar-refractivity contribution in [2.45, 2.75) is 13.7 Å². The summed E-state index contributed by atoms with van der Waals surface area (Å²) in [6.07, 6.45) is 1.50. The molecular formula is C24H17Cl2FN4O5. The molecule has 0 unspecified atom stereocenters. The van der Waals surface area contributed by atoms with Gasteiger partial charge in [-0.3, -0.25) is 14.9 Å². The Kier molecular flexibility index (Phi) is 7.37. The normalized spacial score (nSPS) is 10.7. The second kappa shape index (κ2) is 10.6. The van der Waals surface area contributed by atoms with E-state index in [1.165, 1.54) is 53.3 Å². The summed E-state index contributed by atoms with van der Waals surface area (Å²) in [5, 5.41) is 18.6. The number of halogens is 3. The van der Waals surface area contributed by atoms with E-state index in [-0.39, 0.29) is 34.6 Å². The summed E-state index contributed by atoms with van der Waals surface area (Å²) < 4.78 is 25.8. The maximum Gasteiger partial charge on any atom is 0.276 e. The van der Waals surface area contributed by atoms with Gasteiger partial charge in [-0.05, 0) is 48.9 Å². The average Bonchev–Trinajstić information content (AvgIpc) is 3.31. The zero-order valence-electron chi connectivity index (χ0n) is 18.6. The zero-order valence-corrected chi connectivity index (χ0v) is 20.1. The Morgan fingerprint density at radius 2 is 1.83 bits per heavy atom. The van der Waals surface area contributed by atoms with Crippen molar-refractivity contribution in [3.05, 3.63) is 104 Å². The minimum Gasteiger partial charge on any atom is -0.471 e. The number of rotatable bonds is 8. The van der Waals surface area contributed by atoms with E-state index in [0.717, 1.165) is 5.56 Å². The van der Waals surface area contributed by atoms with Gasteiger partial charge in [0.05, 0.1) is 21.7 Å². The molecule has 0 bridgehead atoms. The standard InChI is InChI=1S/C24H17Cl2FN4O5/c1-14-8-18(2-4-20(14)25)36-19-10-15(9-16(11-19)31(33)34)28-24(32)23-6-7-30(29-23)13-35-17-3-5-22(27)21(26)12-17/h2-12H,13H2,1H3,(H,28,32). The Balaban J connectivity index is 1.46. The van der Waals surface area contributed by atoms with E-state index in [2.05, 4.69) is 10.4 Å². The van der Waals surface area contributed by atoms with Crippen molar-refractivity contribution in [1.82, 2.24) is 9.78 Å². The number of amides is 1. The van der Waals surface area contributed by atoms with Crippen LogP contribution < -0.4 is 14.8 Å². The lowest BCUT2D eigenvalue weighted by molar-refractivity contribution is -0.384. The van der Waals surface area contributed by atoms with Crippen LogP contribution in [0, 0.1) is 22.9 Å². The van der Waals surface area contributed by atoms with Gasteiger partial charge in [0.25, 0.3) is 11.6 Å². The Bertz CT molecular complexity index is 1460. The van der Waals surface area contributed by atoms with Gasteiger partial charge in [0.2, 0.25) is 0 Å². The van der Waals surface area contributed by atoms with Gasteiger partial charge in [0.1, 0.15) is 23.1 Å². The van der Waals surface area contributed by atoms with E-state index < -0.39 is 16.6 Å². The number of nitrogens with one attached hydrogen (secondary N) is 1. The third-order valence-corrected chi connectivity index (χ3v) is 5.57. The number of hydrogen-bond donors (Lipinski definition) is 1. The maximum atomic E-state index is 13.3. The topological polar surface area (TPSA) is 109 Å². The number of aryl methyl sites for hydroxylation is 1. The number of benzene rings is 3. The largest absolute Gasteiger partial charge is 0.471 e. The summed E-state index contributed by atoms with van der Waals surface area (Å²) in [6.45, 7) is 1.73. The SMILES string of the molecule is Cc1cc(Oc2cc(NC(=O)c3ccn(COc4ccc(F)c(Cl)c4)n3)cc([N+](=O)[O-])c2)ccc1Cl. The predicted octanol–water partition coefficient (Wildman–Crippen LogP) is 6.63. The third kappa shape index (κ3) is 6.09. The summed E-state index contributed by atoms with van der Waals surface area (Å²) in [6, 6.07) is 14.2. The highest BCUT2D eigenvalue weighted by Gasteiger charge is 2.16. The smallest absolute Gasteiger partial charge is 0.276 e. The highest BCUT2D eigenvalue weighted by atomic mass is 35.5. The van der Waals surface area contributed by atoms with E-state index >= 15 is 0 Å². The van der Waals surface area contributed by atoms with Gasteiger partial charge < -0.3 is 14.8 Å². The minimum atomic E-state index is -0.604. The first-order valence-electron chi connectivity index (χ1n) is 10.3. The van der Waals surface area contributed by atoms with Crippen LogP contribution >= 0.6 is 23.2 Å². The molecule has 0 atom stereocenters. The minimum absolute atomic E-state index is 0.0399. The highest BCUT2D eigenvalue weighted by Crippen LogP contribution is 2.31. The Labute approximate surface area is 214 Å². The molecule has 0 radical (unpaired) electrons. The van der Waals surface area contributed by atoms with Crippen molar-refractivity contribution in [3.8, 4) is 17.2 Å². The number of aromatic nitrogens is 2. The van der Waals surface area contributed by atoms with Crippen LogP contribution in [0.3, 0.4) is 0 Å². The van der Waals surface area contributed by atoms with Gasteiger partial charge in [-0.25, -0.2) is 9.07 Å². The van der Waals surface area contributed by atoms with E-state index in [4.69, 9.17) is 32.7 Å². The van der Waals surface area contributed by atoms with Gasteiger partial charge in [0, 0.05) is 29.4 Å². The van der Waals surface area contributed by atoms with Crippen LogP contribution in [0.4, 0.5) is 15.8 Å². The summed E-state index contributed by atoms with van der Waals surface area (Å²) in [5.41, 5.74) is 0.681. The molecule has 0 spiro atoms. The summed E-state index contributed by atoms with van der Waals surface area (Å²) in [5.74, 6) is -0.274. The van der Waals surface area contributed by atoms with Crippen LogP contribution in [0.2, 0.25) is 10.0 Å². The van der Waals surface area contributed by atoms with E-state index in [1.807, 2.05) is 0 Å². The molecule has 1 aromatic heterocycles. The van der Waals surface area contributed by atoms with Crippen molar-refractivity contribution in [1.29, 1.82) is 0 Å². The van der Waals surface area contributed by atoms with Crippen molar-refractivity contribution in [3.63, 3.8) is 0 Å². The second-order valence-corrected chi connectivity index (χ2v) is 8.34. The Morgan fingerprint density at radius 1 is 1.06 bits per heavy atom. The maximum absolute atomic E-state index is 13.3. The van der Waals surface area contributed by atoms with Crippen molar-refractivity contribution >= 4 is 40.5 Å². The number of carbonyl (C=O) groups is 1. The first-order chi connectivity index (χ1) is 17.2. The fourth-order valence-electron chi connectivity index (χ4n) is 3.09. The summed E-state index contributed by atoms with van der Waals surface area (Å²) >= 11 is 11.8. The number of hydrogen-bond acceptors (Lipinski definition) is 6. The first kappa shape index (κ1) is 25.0. The quantitative estimate of drug-likeness (QED) is 0.202. The Hall–Kier alpha value is -4.15. The van der Waals surface area contributed by atoms with Crippen LogP contribution in [0.15, 0.2) is 66.9 Å². The summed E-state index contributed by atoms with van der Waals surface area (Å²) in [4.78, 5) is 23.5. The molecule has 4 rings (SSSR count). The molecule has 0 saturated carbocycles. The fourth-order valence-corrected chi connectivity index (χ4v) is 3.38. The van der Waals surface area contributed by atoms with Gasteiger partial charge in [-0.1, -0.05) is 23.2 Å². The van der Waals surface area contributed by atoms with Gasteiger partial charge in [-0.2, -0.15) is 5.10 Å². The Morgan fingerprint density at radius 3 is 2.56 bits per heavy atom. The highest BCUT2D eigenvalue weighted by molar-refractivity contribution is 6.31. The van der Waals surface area contributed by atoms with Crippen LogP contribution in [0.5, 0.6) is 17.2 Å². The van der Waals surface area contributed by atoms with Crippen LogP contribution in [0.1, 0.15) is 16.1 Å². The number of nitrogens with zero attached hydrogens (tertiary/aromatic N) is 3. The molecule has 0 saturated heterocycles. The van der Waals surface area contributed by atoms with Crippen molar-refractivity contribution in [2.75, 3.05) is 5.32 Å². The van der Waals surface area contributed by atoms with E-state index in [1.54, 1.807) is 25.1 Å². The van der Waals surface area contributed by atoms with Crippen LogP contribution in [-0.2, 0) is 6.73 Å². The van der Waals surface area contributed by atoms with Crippen molar-refractivity contribution < 1.29 is 23.6 Å². The molecule has 12 heteroatoms. The molecule has 0 aliphatic rings. The molecule has 1 amide bonds. The fraction of sp³-hybridized carbons (Fsp3) is 0.0833. The molecule has 1 N–H and O–H groups in total. The van der Waals surface area contributed by atoms with E-state index in [9.17, 15) is 19.3 Å². The first-order valence-corrected chi connectivity index (χ1v) is 11.1. The third-order valence-electron chi connectivity index (χ3n) is 4.85. The number of non-ortho nitro benzene ring substituents is 1.